The van der Waals surface area contributed by atoms with Crippen molar-refractivity contribution in [2.24, 2.45) is 11.3 Å². The molecule has 0 aliphatic heterocycles. The van der Waals surface area contributed by atoms with Crippen LogP contribution in [-0.2, 0) is 6.54 Å². The lowest BCUT2D eigenvalue weighted by Gasteiger charge is -2.28. The Labute approximate surface area is 116 Å². The molecule has 0 atom stereocenters. The molecule has 19 heavy (non-hydrogen) atoms. The first kappa shape index (κ1) is 16.0. The van der Waals surface area contributed by atoms with Gasteiger partial charge in [-0.2, -0.15) is 0 Å². The van der Waals surface area contributed by atoms with E-state index in [0.29, 0.717) is 24.4 Å². The van der Waals surface area contributed by atoms with Crippen LogP contribution in [-0.4, -0.2) is 22.3 Å². The van der Waals surface area contributed by atoms with Gasteiger partial charge in [-0.05, 0) is 32.1 Å². The van der Waals surface area contributed by atoms with Gasteiger partial charge in [-0.15, -0.1) is 5.10 Å². The predicted molar refractivity (Wildman–Crippen MR) is 78.0 cm³/mol. The van der Waals surface area contributed by atoms with Crippen molar-refractivity contribution >= 4 is 6.01 Å². The molecule has 1 rings (SSSR count). The number of aromatic nitrogens is 2. The van der Waals surface area contributed by atoms with Crippen molar-refractivity contribution < 1.29 is 4.42 Å². The van der Waals surface area contributed by atoms with Crippen LogP contribution in [0.3, 0.4) is 0 Å². The van der Waals surface area contributed by atoms with Crippen LogP contribution in [0.15, 0.2) is 4.42 Å². The van der Waals surface area contributed by atoms with Crippen LogP contribution >= 0.6 is 0 Å². The maximum atomic E-state index is 5.56. The highest BCUT2D eigenvalue weighted by Gasteiger charge is 2.23. The van der Waals surface area contributed by atoms with Gasteiger partial charge in [0.15, 0.2) is 0 Å². The third-order valence-electron chi connectivity index (χ3n) is 3.49. The fourth-order valence-electron chi connectivity index (χ4n) is 1.24. The fraction of sp³-hybridized carbons (Fsp3) is 0.857. The van der Waals surface area contributed by atoms with E-state index in [1.807, 2.05) is 0 Å². The van der Waals surface area contributed by atoms with E-state index < -0.39 is 0 Å². The Hall–Kier alpha value is -1.10. The van der Waals surface area contributed by atoms with E-state index in [1.54, 1.807) is 0 Å². The summed E-state index contributed by atoms with van der Waals surface area (Å²) >= 11 is 0. The Bertz CT molecular complexity index is 390. The van der Waals surface area contributed by atoms with Crippen LogP contribution in [0.25, 0.3) is 0 Å². The van der Waals surface area contributed by atoms with E-state index in [2.05, 4.69) is 69.3 Å². The summed E-state index contributed by atoms with van der Waals surface area (Å²) in [6.45, 7) is 16.6. The second kappa shape index (κ2) is 5.90. The minimum atomic E-state index is 0.0433. The summed E-state index contributed by atoms with van der Waals surface area (Å²) in [7, 11) is 0. The highest BCUT2D eigenvalue weighted by Crippen LogP contribution is 2.26. The third kappa shape index (κ3) is 5.59. The number of nitrogens with zero attached hydrogens (tertiary/aromatic N) is 2. The van der Waals surface area contributed by atoms with Gasteiger partial charge in [-0.1, -0.05) is 32.8 Å². The van der Waals surface area contributed by atoms with Crippen molar-refractivity contribution in [2.75, 3.05) is 11.9 Å². The maximum Gasteiger partial charge on any atom is 0.315 e. The molecule has 2 N–H and O–H groups in total. The largest absolute Gasteiger partial charge is 0.407 e. The first-order valence-corrected chi connectivity index (χ1v) is 6.91. The van der Waals surface area contributed by atoms with Crippen LogP contribution in [0.1, 0.15) is 54.4 Å². The Morgan fingerprint density at radius 2 is 1.74 bits per heavy atom. The zero-order valence-electron chi connectivity index (χ0n) is 13.3. The number of hydrogen-bond acceptors (Lipinski definition) is 5. The van der Waals surface area contributed by atoms with Gasteiger partial charge >= 0.3 is 6.01 Å². The molecule has 1 aromatic rings. The second-order valence-corrected chi connectivity index (χ2v) is 7.10. The summed E-state index contributed by atoms with van der Waals surface area (Å²) in [4.78, 5) is 0. The third-order valence-corrected chi connectivity index (χ3v) is 3.49. The lowest BCUT2D eigenvalue weighted by Crippen LogP contribution is -2.35. The van der Waals surface area contributed by atoms with Gasteiger partial charge < -0.3 is 15.1 Å². The first-order chi connectivity index (χ1) is 8.60. The van der Waals surface area contributed by atoms with Crippen molar-refractivity contribution in [3.05, 3.63) is 5.89 Å². The van der Waals surface area contributed by atoms with Gasteiger partial charge in [-0.3, -0.25) is 0 Å². The lowest BCUT2D eigenvalue weighted by molar-refractivity contribution is 0.267. The molecule has 1 heterocycles. The van der Waals surface area contributed by atoms with E-state index in [9.17, 15) is 0 Å². The second-order valence-electron chi connectivity index (χ2n) is 7.10. The number of anilines is 1. The van der Waals surface area contributed by atoms with Crippen molar-refractivity contribution in [3.63, 3.8) is 0 Å². The van der Waals surface area contributed by atoms with Gasteiger partial charge in [-0.25, -0.2) is 0 Å². The summed E-state index contributed by atoms with van der Waals surface area (Å²) in [5.74, 6) is 1.20. The van der Waals surface area contributed by atoms with E-state index in [4.69, 9.17) is 4.42 Å². The molecule has 110 valence electrons. The van der Waals surface area contributed by atoms with Gasteiger partial charge in [0.1, 0.15) is 0 Å². The molecule has 0 saturated heterocycles. The van der Waals surface area contributed by atoms with Crippen LogP contribution in [0, 0.1) is 11.3 Å². The SMILES string of the molecule is CC(C)C(C)(C)CNc1nnc(CNC(C)(C)C)o1. The molecule has 5 nitrogen and oxygen atoms in total. The van der Waals surface area contributed by atoms with E-state index in [1.165, 1.54) is 0 Å². The average Bonchev–Trinajstić information content (AvgIpc) is 2.70. The Morgan fingerprint density at radius 3 is 2.26 bits per heavy atom. The van der Waals surface area contributed by atoms with Crippen molar-refractivity contribution in [1.29, 1.82) is 0 Å². The summed E-state index contributed by atoms with van der Waals surface area (Å²) in [6, 6.07) is 0.499. The first-order valence-electron chi connectivity index (χ1n) is 6.91. The van der Waals surface area contributed by atoms with E-state index >= 15 is 0 Å². The standard InChI is InChI=1S/C14H28N4O/c1-10(2)14(6,7)9-15-12-18-17-11(19-12)8-16-13(3,4)5/h10,16H,8-9H2,1-7H3,(H,15,18). The molecule has 0 fully saturated rings. The lowest BCUT2D eigenvalue weighted by atomic mass is 9.81. The molecular formula is C14H28N4O. The molecule has 5 heteroatoms. The van der Waals surface area contributed by atoms with Crippen molar-refractivity contribution in [1.82, 2.24) is 15.5 Å². The number of nitrogens with one attached hydrogen (secondary N) is 2. The normalized spacial score (nSPS) is 13.1. The zero-order valence-corrected chi connectivity index (χ0v) is 13.3. The Kier molecular flexibility index (Phi) is 4.96. The van der Waals surface area contributed by atoms with Gasteiger partial charge in [0.2, 0.25) is 5.89 Å². The molecule has 0 aliphatic rings. The smallest absolute Gasteiger partial charge is 0.315 e. The average molecular weight is 268 g/mol. The van der Waals surface area contributed by atoms with Crippen LogP contribution in [0.4, 0.5) is 6.01 Å². The molecular weight excluding hydrogens is 240 g/mol. The molecule has 0 amide bonds. The molecule has 0 aliphatic carbocycles. The van der Waals surface area contributed by atoms with Gasteiger partial charge in [0.05, 0.1) is 6.54 Å². The summed E-state index contributed by atoms with van der Waals surface area (Å²) < 4.78 is 5.56. The molecule has 1 aromatic heterocycles. The molecule has 0 bridgehead atoms. The quantitative estimate of drug-likeness (QED) is 0.830. The highest BCUT2D eigenvalue weighted by molar-refractivity contribution is 5.17. The molecule has 0 radical (unpaired) electrons. The van der Waals surface area contributed by atoms with Crippen LogP contribution in [0.2, 0.25) is 0 Å². The van der Waals surface area contributed by atoms with Crippen molar-refractivity contribution in [3.8, 4) is 0 Å². The highest BCUT2D eigenvalue weighted by atomic mass is 16.4. The van der Waals surface area contributed by atoms with Crippen LogP contribution in [0.5, 0.6) is 0 Å². The fourth-order valence-corrected chi connectivity index (χ4v) is 1.24. The molecule has 0 spiro atoms. The van der Waals surface area contributed by atoms with Gasteiger partial charge in [0, 0.05) is 12.1 Å². The zero-order chi connectivity index (χ0) is 14.7. The Morgan fingerprint density at radius 1 is 1.11 bits per heavy atom. The number of rotatable bonds is 6. The molecule has 0 aromatic carbocycles. The summed E-state index contributed by atoms with van der Waals surface area (Å²) in [6.07, 6.45) is 0. The summed E-state index contributed by atoms with van der Waals surface area (Å²) in [5.41, 5.74) is 0.236. The van der Waals surface area contributed by atoms with Crippen LogP contribution < -0.4 is 10.6 Å². The van der Waals surface area contributed by atoms with E-state index in [0.717, 1.165) is 6.54 Å². The Balaban J connectivity index is 2.47. The summed E-state index contributed by atoms with van der Waals surface area (Å²) in [5, 5.41) is 14.6. The minimum Gasteiger partial charge on any atom is -0.407 e. The minimum absolute atomic E-state index is 0.0433. The topological polar surface area (TPSA) is 63.0 Å². The van der Waals surface area contributed by atoms with Crippen molar-refractivity contribution in [2.45, 2.75) is 60.5 Å². The van der Waals surface area contributed by atoms with Gasteiger partial charge in [0.25, 0.3) is 0 Å². The molecule has 0 saturated carbocycles. The van der Waals surface area contributed by atoms with E-state index in [-0.39, 0.29) is 11.0 Å². The maximum absolute atomic E-state index is 5.56. The monoisotopic (exact) mass is 268 g/mol. The predicted octanol–water partition coefficient (Wildman–Crippen LogP) is 3.05. The number of hydrogen-bond donors (Lipinski definition) is 2. The molecule has 0 unspecified atom stereocenters.